The van der Waals surface area contributed by atoms with E-state index in [2.05, 4.69) is 5.32 Å². The van der Waals surface area contributed by atoms with Gasteiger partial charge in [-0.3, -0.25) is 9.59 Å². The lowest BCUT2D eigenvalue weighted by Gasteiger charge is -2.15. The van der Waals surface area contributed by atoms with E-state index in [1.54, 1.807) is 24.3 Å². The van der Waals surface area contributed by atoms with E-state index in [1.807, 2.05) is 30.3 Å². The lowest BCUT2D eigenvalue weighted by Crippen LogP contribution is -2.34. The minimum absolute atomic E-state index is 0.148. The van der Waals surface area contributed by atoms with Crippen molar-refractivity contribution >= 4 is 57.7 Å². The summed E-state index contributed by atoms with van der Waals surface area (Å²) < 4.78 is 5.62. The topological polar surface area (TPSA) is 62.6 Å². The van der Waals surface area contributed by atoms with Gasteiger partial charge in [-0.05, 0) is 30.3 Å². The average Bonchev–Trinajstić information content (AvgIpc) is 3.05. The van der Waals surface area contributed by atoms with Crippen molar-refractivity contribution in [2.45, 2.75) is 0 Å². The van der Waals surface area contributed by atoms with E-state index >= 15 is 0 Å². The number of fused-ring (bicyclic) bond motifs is 1. The molecule has 1 heterocycles. The van der Waals surface area contributed by atoms with Crippen LogP contribution >= 0.6 is 23.2 Å². The molecule has 5 nitrogen and oxygen atoms in total. The highest BCUT2D eigenvalue weighted by Gasteiger charge is 2.14. The van der Waals surface area contributed by atoms with Crippen LogP contribution in [0.4, 0.5) is 5.69 Å². The Bertz CT molecular complexity index is 974. The Balaban J connectivity index is 1.60. The Morgan fingerprint density at radius 1 is 1.11 bits per heavy atom. The van der Waals surface area contributed by atoms with Crippen molar-refractivity contribution in [1.29, 1.82) is 0 Å². The van der Waals surface area contributed by atoms with Gasteiger partial charge < -0.3 is 14.6 Å². The molecule has 1 aromatic heterocycles. The van der Waals surface area contributed by atoms with Gasteiger partial charge in [0.15, 0.2) is 0 Å². The number of anilines is 1. The Morgan fingerprint density at radius 3 is 2.52 bits per heavy atom. The monoisotopic (exact) mass is 402 g/mol. The summed E-state index contributed by atoms with van der Waals surface area (Å²) in [7, 11) is 1.53. The average molecular weight is 403 g/mol. The zero-order valence-corrected chi connectivity index (χ0v) is 15.9. The van der Waals surface area contributed by atoms with Crippen LogP contribution in [0.15, 0.2) is 59.0 Å². The number of halogens is 2. The van der Waals surface area contributed by atoms with E-state index in [0.29, 0.717) is 21.5 Å². The molecule has 0 aliphatic carbocycles. The molecule has 0 saturated heterocycles. The molecule has 3 rings (SSSR count). The summed E-state index contributed by atoms with van der Waals surface area (Å²) in [6, 6.07) is 14.3. The maximum Gasteiger partial charge on any atom is 0.246 e. The van der Waals surface area contributed by atoms with Crippen LogP contribution in [0.5, 0.6) is 0 Å². The number of para-hydroxylation sites is 2. The number of nitrogens with zero attached hydrogens (tertiary/aromatic N) is 1. The van der Waals surface area contributed by atoms with Crippen molar-refractivity contribution in [2.24, 2.45) is 0 Å². The molecule has 0 aliphatic heterocycles. The summed E-state index contributed by atoms with van der Waals surface area (Å²) in [6.07, 6.45) is 2.93. The van der Waals surface area contributed by atoms with Gasteiger partial charge in [-0.2, -0.15) is 0 Å². The second-order valence-electron chi connectivity index (χ2n) is 5.86. The van der Waals surface area contributed by atoms with E-state index in [0.717, 1.165) is 11.0 Å². The van der Waals surface area contributed by atoms with Crippen molar-refractivity contribution in [1.82, 2.24) is 4.90 Å². The third kappa shape index (κ3) is 4.70. The van der Waals surface area contributed by atoms with Crippen LogP contribution in [0, 0.1) is 0 Å². The summed E-state index contributed by atoms with van der Waals surface area (Å²) in [5, 5.41) is 4.23. The minimum Gasteiger partial charge on any atom is -0.457 e. The smallest absolute Gasteiger partial charge is 0.246 e. The first-order chi connectivity index (χ1) is 12.9. The number of amides is 2. The molecule has 3 aromatic rings. The van der Waals surface area contributed by atoms with E-state index in [1.165, 1.54) is 18.0 Å². The molecule has 0 radical (unpaired) electrons. The predicted octanol–water partition coefficient (Wildman–Crippen LogP) is 4.85. The highest BCUT2D eigenvalue weighted by Crippen LogP contribution is 2.29. The van der Waals surface area contributed by atoms with Gasteiger partial charge in [-0.15, -0.1) is 0 Å². The fraction of sp³-hybridized carbons (Fsp3) is 0.100. The van der Waals surface area contributed by atoms with Crippen molar-refractivity contribution < 1.29 is 14.0 Å². The first kappa shape index (κ1) is 19.0. The van der Waals surface area contributed by atoms with Gasteiger partial charge in [0.25, 0.3) is 0 Å². The van der Waals surface area contributed by atoms with Crippen LogP contribution in [0.2, 0.25) is 10.0 Å². The van der Waals surface area contributed by atoms with Crippen molar-refractivity contribution in [3.05, 3.63) is 70.4 Å². The number of likely N-dealkylation sites (N-methyl/N-ethyl adjacent to an activating group) is 1. The van der Waals surface area contributed by atoms with Crippen LogP contribution in [0.3, 0.4) is 0 Å². The number of carbonyl (C=O) groups excluding carboxylic acids is 2. The molecular weight excluding hydrogens is 387 g/mol. The highest BCUT2D eigenvalue weighted by molar-refractivity contribution is 6.39. The Morgan fingerprint density at radius 2 is 1.81 bits per heavy atom. The second kappa shape index (κ2) is 8.29. The Kier molecular flexibility index (Phi) is 5.84. The summed E-state index contributed by atoms with van der Waals surface area (Å²) in [5.74, 6) is -0.181. The molecule has 0 spiro atoms. The highest BCUT2D eigenvalue weighted by atomic mass is 35.5. The summed E-state index contributed by atoms with van der Waals surface area (Å²) in [6.45, 7) is -0.148. The number of furan rings is 1. The third-order valence-corrected chi connectivity index (χ3v) is 4.45. The van der Waals surface area contributed by atoms with E-state index in [4.69, 9.17) is 27.6 Å². The van der Waals surface area contributed by atoms with Crippen LogP contribution in [-0.4, -0.2) is 30.3 Å². The summed E-state index contributed by atoms with van der Waals surface area (Å²) in [5.41, 5.74) is 1.07. The van der Waals surface area contributed by atoms with Crippen molar-refractivity contribution in [2.75, 3.05) is 18.9 Å². The molecule has 0 bridgehead atoms. The fourth-order valence-corrected chi connectivity index (χ4v) is 2.95. The van der Waals surface area contributed by atoms with Crippen molar-refractivity contribution in [3.8, 4) is 0 Å². The quantitative estimate of drug-likeness (QED) is 0.620. The zero-order chi connectivity index (χ0) is 19.4. The van der Waals surface area contributed by atoms with E-state index < -0.39 is 5.91 Å². The molecule has 27 heavy (non-hydrogen) atoms. The predicted molar refractivity (Wildman–Crippen MR) is 108 cm³/mol. The second-order valence-corrected chi connectivity index (χ2v) is 6.67. The molecule has 0 saturated carbocycles. The van der Waals surface area contributed by atoms with Crippen LogP contribution in [0.1, 0.15) is 5.76 Å². The molecule has 1 N–H and O–H groups in total. The van der Waals surface area contributed by atoms with Crippen LogP contribution < -0.4 is 5.32 Å². The SMILES string of the molecule is CN(CC(=O)Nc1c(Cl)cccc1Cl)C(=O)/C=C/c1cc2ccccc2o1. The molecule has 0 fully saturated rings. The first-order valence-electron chi connectivity index (χ1n) is 8.09. The largest absolute Gasteiger partial charge is 0.457 e. The van der Waals surface area contributed by atoms with Gasteiger partial charge in [0.2, 0.25) is 11.8 Å². The number of carbonyl (C=O) groups is 2. The first-order valence-corrected chi connectivity index (χ1v) is 8.85. The molecule has 0 aliphatic rings. The Hall–Kier alpha value is -2.76. The number of hydrogen-bond acceptors (Lipinski definition) is 3. The lowest BCUT2D eigenvalue weighted by molar-refractivity contribution is -0.129. The molecular formula is C20H16Cl2N2O3. The van der Waals surface area contributed by atoms with E-state index in [9.17, 15) is 9.59 Å². The number of rotatable bonds is 5. The van der Waals surface area contributed by atoms with Gasteiger partial charge in [0.1, 0.15) is 11.3 Å². The van der Waals surface area contributed by atoms with Crippen LogP contribution in [-0.2, 0) is 9.59 Å². The van der Waals surface area contributed by atoms with Crippen molar-refractivity contribution in [3.63, 3.8) is 0 Å². The van der Waals surface area contributed by atoms with Gasteiger partial charge in [-0.1, -0.05) is 47.5 Å². The number of hydrogen-bond donors (Lipinski definition) is 1. The molecule has 0 unspecified atom stereocenters. The zero-order valence-electron chi connectivity index (χ0n) is 14.4. The maximum absolute atomic E-state index is 12.2. The van der Waals surface area contributed by atoms with Gasteiger partial charge in [-0.25, -0.2) is 0 Å². The van der Waals surface area contributed by atoms with Gasteiger partial charge >= 0.3 is 0 Å². The third-order valence-electron chi connectivity index (χ3n) is 3.82. The molecule has 7 heteroatoms. The molecule has 138 valence electrons. The summed E-state index contributed by atoms with van der Waals surface area (Å²) in [4.78, 5) is 25.7. The van der Waals surface area contributed by atoms with E-state index in [-0.39, 0.29) is 12.5 Å². The normalized spacial score (nSPS) is 11.1. The Labute approximate surface area is 166 Å². The molecule has 0 atom stereocenters. The molecule has 2 amide bonds. The minimum atomic E-state index is -0.405. The lowest BCUT2D eigenvalue weighted by atomic mass is 10.2. The summed E-state index contributed by atoms with van der Waals surface area (Å²) >= 11 is 12.0. The standard InChI is InChI=1S/C20H16Cl2N2O3/c1-24(12-18(25)23-20-15(21)6-4-7-16(20)22)19(26)10-9-14-11-13-5-2-3-8-17(13)27-14/h2-11H,12H2,1H3,(H,23,25)/b10-9+. The fourth-order valence-electron chi connectivity index (χ4n) is 2.45. The number of benzene rings is 2. The number of nitrogens with one attached hydrogen (secondary N) is 1. The maximum atomic E-state index is 12.2. The van der Waals surface area contributed by atoms with Gasteiger partial charge in [0, 0.05) is 18.5 Å². The van der Waals surface area contributed by atoms with Crippen LogP contribution in [0.25, 0.3) is 17.0 Å². The molecule has 2 aromatic carbocycles. The van der Waals surface area contributed by atoms with Gasteiger partial charge in [0.05, 0.1) is 22.3 Å².